The number of aliphatic hydroxyl groups is 1. The molecular weight excluding hydrogens is 506 g/mol. The third-order valence-corrected chi connectivity index (χ3v) is 9.99. The van der Waals surface area contributed by atoms with Crippen LogP contribution in [0.5, 0.6) is 0 Å². The van der Waals surface area contributed by atoms with Gasteiger partial charge in [-0.3, -0.25) is 14.4 Å². The van der Waals surface area contributed by atoms with Crippen molar-refractivity contribution in [3.63, 3.8) is 0 Å². The second kappa shape index (κ2) is 11.1. The first-order chi connectivity index (χ1) is 18.5. The summed E-state index contributed by atoms with van der Waals surface area (Å²) in [6.45, 7) is 6.84. The van der Waals surface area contributed by atoms with Crippen LogP contribution in [0.4, 0.5) is 0 Å². The molecule has 3 saturated heterocycles. The minimum atomic E-state index is -0.696. The zero-order valence-corrected chi connectivity index (χ0v) is 22.5. The first-order valence-corrected chi connectivity index (χ1v) is 14.3. The molecule has 10 nitrogen and oxygen atoms in total. The number of likely N-dealkylation sites (tertiary alicyclic amines) is 1. The number of nitrogens with zero attached hydrogens (tertiary/aromatic N) is 5. The van der Waals surface area contributed by atoms with Gasteiger partial charge >= 0.3 is 5.97 Å². The molecule has 3 fully saturated rings. The van der Waals surface area contributed by atoms with Gasteiger partial charge in [0.2, 0.25) is 11.8 Å². The Labute approximate surface area is 226 Å². The number of esters is 1. The number of carbonyl (C=O) groups excluding carboxylic acids is 3. The van der Waals surface area contributed by atoms with E-state index >= 15 is 0 Å². The number of hydrogen-bond acceptors (Lipinski definition) is 8. The maximum Gasteiger partial charge on any atom is 0.310 e. The fraction of sp³-hybridized carbons (Fsp3) is 0.593. The number of thioether (sulfide) groups is 1. The number of amides is 2. The number of hydrogen-bond donors (Lipinski definition) is 1. The smallest absolute Gasteiger partial charge is 0.310 e. The Morgan fingerprint density at radius 1 is 1.32 bits per heavy atom. The van der Waals surface area contributed by atoms with E-state index < -0.39 is 22.6 Å². The van der Waals surface area contributed by atoms with Crippen LogP contribution in [0.2, 0.25) is 0 Å². The van der Waals surface area contributed by atoms with Gasteiger partial charge in [0.05, 0.1) is 28.7 Å². The third-order valence-electron chi connectivity index (χ3n) is 8.04. The standard InChI is InChI=1S/C27H35N5O5S/c1-3-14-30(17-32-19-11-7-6-10-18(19)28-29-32)25(35)23-27-13-12-20(38-27)21(26(36)37-4-2)22(27)24(34)31(23)15-8-5-9-16-33/h3,6-7,10-11,20-23,33H,1,4-5,8-9,12-17H2,2H3/t20-,21+,22+,23?,27?/m1/s1. The fourth-order valence-corrected chi connectivity index (χ4v) is 8.68. The van der Waals surface area contributed by atoms with E-state index in [2.05, 4.69) is 16.9 Å². The number of ether oxygens (including phenoxy) is 1. The van der Waals surface area contributed by atoms with Gasteiger partial charge in [-0.15, -0.1) is 23.4 Å². The van der Waals surface area contributed by atoms with Crippen LogP contribution in [-0.4, -0.2) is 90.0 Å². The van der Waals surface area contributed by atoms with Crippen molar-refractivity contribution in [3.8, 4) is 0 Å². The molecule has 1 N–H and O–H groups in total. The Balaban J connectivity index is 1.48. The lowest BCUT2D eigenvalue weighted by molar-refractivity contribution is -0.153. The summed E-state index contributed by atoms with van der Waals surface area (Å²) in [4.78, 5) is 44.8. The van der Waals surface area contributed by atoms with E-state index in [1.807, 2.05) is 24.3 Å². The molecule has 204 valence electrons. The van der Waals surface area contributed by atoms with Crippen LogP contribution in [-0.2, 0) is 25.8 Å². The van der Waals surface area contributed by atoms with E-state index in [1.54, 1.807) is 39.2 Å². The van der Waals surface area contributed by atoms with E-state index in [0.717, 1.165) is 23.9 Å². The average Bonchev–Trinajstić information content (AvgIpc) is 3.66. The maximum atomic E-state index is 14.4. The van der Waals surface area contributed by atoms with Crippen LogP contribution < -0.4 is 0 Å². The van der Waals surface area contributed by atoms with Crippen LogP contribution >= 0.6 is 11.8 Å². The number of aliphatic hydroxyl groups excluding tert-OH is 1. The van der Waals surface area contributed by atoms with Crippen molar-refractivity contribution >= 4 is 40.6 Å². The van der Waals surface area contributed by atoms with Crippen LogP contribution in [0.25, 0.3) is 11.0 Å². The Hall–Kier alpha value is -2.92. The topological polar surface area (TPSA) is 118 Å². The molecule has 5 atom stereocenters. The van der Waals surface area contributed by atoms with Gasteiger partial charge in [0.25, 0.3) is 0 Å². The minimum absolute atomic E-state index is 0.0260. The Bertz CT molecular complexity index is 1220. The lowest BCUT2D eigenvalue weighted by atomic mass is 9.71. The first kappa shape index (κ1) is 26.7. The number of unbranched alkanes of at least 4 members (excludes halogenated alkanes) is 2. The van der Waals surface area contributed by atoms with E-state index in [-0.39, 0.29) is 49.5 Å². The summed E-state index contributed by atoms with van der Waals surface area (Å²) in [6, 6.07) is 6.87. The molecular formula is C27H35N5O5S. The zero-order chi connectivity index (χ0) is 26.9. The zero-order valence-electron chi connectivity index (χ0n) is 21.7. The van der Waals surface area contributed by atoms with Crippen molar-refractivity contribution in [3.05, 3.63) is 36.9 Å². The molecule has 2 unspecified atom stereocenters. The third kappa shape index (κ3) is 4.39. The Morgan fingerprint density at radius 3 is 2.89 bits per heavy atom. The van der Waals surface area contributed by atoms with Crippen LogP contribution in [0.15, 0.2) is 36.9 Å². The minimum Gasteiger partial charge on any atom is -0.466 e. The van der Waals surface area contributed by atoms with Gasteiger partial charge in [0.15, 0.2) is 0 Å². The Morgan fingerprint density at radius 2 is 2.13 bits per heavy atom. The van der Waals surface area contributed by atoms with Crippen molar-refractivity contribution < 1.29 is 24.2 Å². The fourth-order valence-electron chi connectivity index (χ4n) is 6.48. The van der Waals surface area contributed by atoms with Gasteiger partial charge in [0.1, 0.15) is 18.2 Å². The molecule has 4 heterocycles. The normalized spacial score (nSPS) is 27.6. The largest absolute Gasteiger partial charge is 0.466 e. The summed E-state index contributed by atoms with van der Waals surface area (Å²) >= 11 is 1.63. The number of benzene rings is 1. The lowest BCUT2D eigenvalue weighted by Crippen LogP contribution is -2.55. The summed E-state index contributed by atoms with van der Waals surface area (Å²) in [5.74, 6) is -1.75. The van der Waals surface area contributed by atoms with Crippen LogP contribution in [0.3, 0.4) is 0 Å². The van der Waals surface area contributed by atoms with Crippen molar-refractivity contribution in [1.29, 1.82) is 0 Å². The summed E-state index contributed by atoms with van der Waals surface area (Å²) < 4.78 is 6.41. The number of rotatable bonds is 12. The van der Waals surface area contributed by atoms with Gasteiger partial charge < -0.3 is 19.6 Å². The molecule has 3 aliphatic heterocycles. The van der Waals surface area contributed by atoms with E-state index in [9.17, 15) is 19.5 Å². The second-order valence-corrected chi connectivity index (χ2v) is 11.8. The molecule has 38 heavy (non-hydrogen) atoms. The molecule has 1 aromatic carbocycles. The van der Waals surface area contributed by atoms with E-state index in [1.165, 1.54) is 0 Å². The van der Waals surface area contributed by atoms with Crippen molar-refractivity contribution in [2.24, 2.45) is 11.8 Å². The predicted octanol–water partition coefficient (Wildman–Crippen LogP) is 2.22. The van der Waals surface area contributed by atoms with Crippen LogP contribution in [0.1, 0.15) is 39.0 Å². The van der Waals surface area contributed by atoms with E-state index in [0.29, 0.717) is 25.8 Å². The summed E-state index contributed by atoms with van der Waals surface area (Å²) in [7, 11) is 0. The highest BCUT2D eigenvalue weighted by molar-refractivity contribution is 8.02. The van der Waals surface area contributed by atoms with Crippen molar-refractivity contribution in [2.75, 3.05) is 26.3 Å². The van der Waals surface area contributed by atoms with Crippen molar-refractivity contribution in [2.45, 2.75) is 61.7 Å². The van der Waals surface area contributed by atoms with Crippen LogP contribution in [0, 0.1) is 11.8 Å². The monoisotopic (exact) mass is 541 g/mol. The number of para-hydroxylation sites is 1. The molecule has 2 aromatic rings. The highest BCUT2D eigenvalue weighted by atomic mass is 32.2. The first-order valence-electron chi connectivity index (χ1n) is 13.4. The number of fused-ring (bicyclic) bond motifs is 2. The molecule has 1 spiro atoms. The predicted molar refractivity (Wildman–Crippen MR) is 143 cm³/mol. The lowest BCUT2D eigenvalue weighted by Gasteiger charge is -2.37. The summed E-state index contributed by atoms with van der Waals surface area (Å²) in [5, 5.41) is 17.7. The molecule has 3 aliphatic rings. The SMILES string of the molecule is C=CCN(Cn1nnc2ccccc21)C(=O)C1N(CCCCCO)C(=O)[C@@H]2[C@@H](C(=O)OCC)[C@H]3CCC12S3. The van der Waals surface area contributed by atoms with Gasteiger partial charge in [0, 0.05) is 24.9 Å². The summed E-state index contributed by atoms with van der Waals surface area (Å²) in [5.41, 5.74) is 1.55. The molecule has 1 aromatic heterocycles. The highest BCUT2D eigenvalue weighted by Crippen LogP contribution is 2.66. The van der Waals surface area contributed by atoms with Crippen molar-refractivity contribution in [1.82, 2.24) is 24.8 Å². The van der Waals surface area contributed by atoms with Gasteiger partial charge in [-0.25, -0.2) is 4.68 Å². The van der Waals surface area contributed by atoms with Gasteiger partial charge in [-0.1, -0.05) is 23.4 Å². The second-order valence-electron chi connectivity index (χ2n) is 10.2. The number of carbonyl (C=O) groups is 3. The molecule has 0 aliphatic carbocycles. The molecule has 2 bridgehead atoms. The molecule has 0 radical (unpaired) electrons. The quantitative estimate of drug-likeness (QED) is 0.247. The van der Waals surface area contributed by atoms with Gasteiger partial charge in [-0.2, -0.15) is 0 Å². The molecule has 5 rings (SSSR count). The van der Waals surface area contributed by atoms with E-state index in [4.69, 9.17) is 4.74 Å². The molecule has 11 heteroatoms. The number of aromatic nitrogens is 3. The molecule has 0 saturated carbocycles. The maximum absolute atomic E-state index is 14.4. The molecule has 2 amide bonds. The summed E-state index contributed by atoms with van der Waals surface area (Å²) in [6.07, 6.45) is 5.21. The average molecular weight is 542 g/mol. The Kier molecular flexibility index (Phi) is 7.76. The highest BCUT2D eigenvalue weighted by Gasteiger charge is 2.74. The van der Waals surface area contributed by atoms with Gasteiger partial charge in [-0.05, 0) is 51.2 Å².